The van der Waals surface area contributed by atoms with Crippen molar-refractivity contribution in [3.63, 3.8) is 0 Å². The molecular weight excluding hydrogens is 378 g/mol. The van der Waals surface area contributed by atoms with Crippen LogP contribution in [0.4, 0.5) is 0 Å². The van der Waals surface area contributed by atoms with Gasteiger partial charge < -0.3 is 19.9 Å². The first kappa shape index (κ1) is 23.6. The fourth-order valence-electron chi connectivity index (χ4n) is 3.09. The second kappa shape index (κ2) is 14.3. The third-order valence-electron chi connectivity index (χ3n) is 4.85. The van der Waals surface area contributed by atoms with Gasteiger partial charge in [-0.25, -0.2) is 0 Å². The van der Waals surface area contributed by atoms with E-state index in [2.05, 4.69) is 12.2 Å². The first-order chi connectivity index (χ1) is 14.7. The molecule has 0 saturated carbocycles. The molecule has 0 aliphatic rings. The number of unbranched alkanes of at least 4 members (excludes halogenated alkanes) is 7. The Morgan fingerprint density at radius 2 is 1.33 bits per heavy atom. The fourth-order valence-corrected chi connectivity index (χ4v) is 3.09. The van der Waals surface area contributed by atoms with Crippen LogP contribution in [0.1, 0.15) is 64.7 Å². The Morgan fingerprint density at radius 3 is 1.97 bits per heavy atom. The molecule has 30 heavy (non-hydrogen) atoms. The van der Waals surface area contributed by atoms with Gasteiger partial charge in [-0.3, -0.25) is 4.79 Å². The number of benzene rings is 2. The van der Waals surface area contributed by atoms with Crippen molar-refractivity contribution in [1.29, 1.82) is 0 Å². The highest BCUT2D eigenvalue weighted by atomic mass is 16.5. The summed E-state index contributed by atoms with van der Waals surface area (Å²) in [6.07, 6.45) is 10.5. The van der Waals surface area contributed by atoms with Crippen LogP contribution in [0.2, 0.25) is 0 Å². The zero-order valence-electron chi connectivity index (χ0n) is 18.1. The van der Waals surface area contributed by atoms with Gasteiger partial charge in [0.1, 0.15) is 23.0 Å². The van der Waals surface area contributed by atoms with Gasteiger partial charge in [-0.2, -0.15) is 0 Å². The van der Waals surface area contributed by atoms with Crippen LogP contribution in [0.25, 0.3) is 0 Å². The molecule has 0 saturated heterocycles. The van der Waals surface area contributed by atoms with E-state index in [-0.39, 0.29) is 11.7 Å². The van der Waals surface area contributed by atoms with Gasteiger partial charge in [-0.15, -0.1) is 0 Å². The van der Waals surface area contributed by atoms with Crippen molar-refractivity contribution in [2.24, 2.45) is 0 Å². The van der Waals surface area contributed by atoms with E-state index < -0.39 is 0 Å². The Bertz CT molecular complexity index is 713. The van der Waals surface area contributed by atoms with Crippen LogP contribution in [0, 0.1) is 0 Å². The van der Waals surface area contributed by atoms with Crippen LogP contribution >= 0.6 is 0 Å². The summed E-state index contributed by atoms with van der Waals surface area (Å²) in [5, 5.41) is 12.3. The molecule has 5 heteroatoms. The first-order valence-electron chi connectivity index (χ1n) is 11.1. The number of hydrogen-bond donors (Lipinski definition) is 2. The summed E-state index contributed by atoms with van der Waals surface area (Å²) < 4.78 is 11.3. The number of phenols is 1. The van der Waals surface area contributed by atoms with Crippen molar-refractivity contribution in [2.75, 3.05) is 13.2 Å². The highest BCUT2D eigenvalue weighted by Crippen LogP contribution is 2.25. The Hall–Kier alpha value is -2.69. The van der Waals surface area contributed by atoms with Crippen molar-refractivity contribution < 1.29 is 19.4 Å². The summed E-state index contributed by atoms with van der Waals surface area (Å²) in [5.41, 5.74) is 0. The highest BCUT2D eigenvalue weighted by Gasteiger charge is 2.03. The summed E-state index contributed by atoms with van der Waals surface area (Å²) in [7, 11) is 0. The Balaban J connectivity index is 1.52. The molecule has 1 amide bonds. The standard InChI is InChI=1S/C25H35NO4/c1-2-3-4-5-6-7-8-9-19-26-25(28)18-20-29-22-14-16-24(17-15-22)30-23-12-10-21(27)11-13-23/h10-17,27H,2-9,18-20H2,1H3,(H,26,28). The number of aromatic hydroxyl groups is 1. The minimum absolute atomic E-state index is 0.0326. The largest absolute Gasteiger partial charge is 0.508 e. The number of amides is 1. The number of nitrogens with one attached hydrogen (secondary N) is 1. The lowest BCUT2D eigenvalue weighted by Crippen LogP contribution is -2.25. The molecule has 0 unspecified atom stereocenters. The molecule has 0 aliphatic heterocycles. The average Bonchev–Trinajstić information content (AvgIpc) is 2.75. The summed E-state index contributed by atoms with van der Waals surface area (Å²) in [5.74, 6) is 2.26. The lowest BCUT2D eigenvalue weighted by molar-refractivity contribution is -0.121. The predicted molar refractivity (Wildman–Crippen MR) is 120 cm³/mol. The van der Waals surface area contributed by atoms with E-state index in [9.17, 15) is 9.90 Å². The highest BCUT2D eigenvalue weighted by molar-refractivity contribution is 5.75. The smallest absolute Gasteiger partial charge is 0.223 e. The van der Waals surface area contributed by atoms with E-state index in [1.54, 1.807) is 24.3 Å². The topological polar surface area (TPSA) is 67.8 Å². The summed E-state index contributed by atoms with van der Waals surface area (Å²) in [6, 6.07) is 13.8. The third kappa shape index (κ3) is 10.2. The van der Waals surface area contributed by atoms with Crippen molar-refractivity contribution in [2.45, 2.75) is 64.7 Å². The van der Waals surface area contributed by atoms with Gasteiger partial charge in [-0.1, -0.05) is 51.9 Å². The van der Waals surface area contributed by atoms with Gasteiger partial charge in [0.25, 0.3) is 0 Å². The molecule has 0 heterocycles. The first-order valence-corrected chi connectivity index (χ1v) is 11.1. The second-order valence-electron chi connectivity index (χ2n) is 7.49. The zero-order valence-corrected chi connectivity index (χ0v) is 18.1. The fraction of sp³-hybridized carbons (Fsp3) is 0.480. The number of phenolic OH excluding ortho intramolecular Hbond substituents is 1. The van der Waals surface area contributed by atoms with E-state index in [1.807, 2.05) is 24.3 Å². The van der Waals surface area contributed by atoms with Crippen LogP contribution in [0.15, 0.2) is 48.5 Å². The molecule has 0 atom stereocenters. The normalized spacial score (nSPS) is 10.6. The molecule has 0 aliphatic carbocycles. The second-order valence-corrected chi connectivity index (χ2v) is 7.49. The Labute approximate surface area is 180 Å². The van der Waals surface area contributed by atoms with Crippen molar-refractivity contribution in [3.05, 3.63) is 48.5 Å². The SMILES string of the molecule is CCCCCCCCCCNC(=O)CCOc1ccc(Oc2ccc(O)cc2)cc1. The zero-order chi connectivity index (χ0) is 21.4. The molecule has 0 fully saturated rings. The minimum Gasteiger partial charge on any atom is -0.508 e. The number of rotatable bonds is 15. The minimum atomic E-state index is 0.0326. The van der Waals surface area contributed by atoms with Gasteiger partial charge in [-0.05, 0) is 55.0 Å². The Morgan fingerprint density at radius 1 is 0.800 bits per heavy atom. The molecule has 2 aromatic rings. The third-order valence-corrected chi connectivity index (χ3v) is 4.85. The van der Waals surface area contributed by atoms with E-state index in [1.165, 1.54) is 44.9 Å². The Kier molecular flexibility index (Phi) is 11.3. The molecule has 0 spiro atoms. The van der Waals surface area contributed by atoms with E-state index in [0.717, 1.165) is 13.0 Å². The van der Waals surface area contributed by atoms with Crippen LogP contribution in [-0.2, 0) is 4.79 Å². The lowest BCUT2D eigenvalue weighted by atomic mass is 10.1. The van der Waals surface area contributed by atoms with Crippen molar-refractivity contribution >= 4 is 5.91 Å². The van der Waals surface area contributed by atoms with Gasteiger partial charge in [0, 0.05) is 6.54 Å². The van der Waals surface area contributed by atoms with Crippen LogP contribution in [-0.4, -0.2) is 24.2 Å². The molecule has 0 aromatic heterocycles. The van der Waals surface area contributed by atoms with Gasteiger partial charge in [0.2, 0.25) is 5.91 Å². The number of carbonyl (C=O) groups excluding carboxylic acids is 1. The summed E-state index contributed by atoms with van der Waals surface area (Å²) in [4.78, 5) is 11.9. The lowest BCUT2D eigenvalue weighted by Gasteiger charge is -2.09. The average molecular weight is 414 g/mol. The molecule has 0 bridgehead atoms. The molecular formula is C25H35NO4. The van der Waals surface area contributed by atoms with Crippen molar-refractivity contribution in [1.82, 2.24) is 5.32 Å². The predicted octanol–water partition coefficient (Wildman–Crippen LogP) is 6.21. The molecule has 5 nitrogen and oxygen atoms in total. The molecule has 0 radical (unpaired) electrons. The van der Waals surface area contributed by atoms with Crippen LogP contribution in [0.3, 0.4) is 0 Å². The molecule has 2 N–H and O–H groups in total. The van der Waals surface area contributed by atoms with E-state index in [4.69, 9.17) is 9.47 Å². The monoisotopic (exact) mass is 413 g/mol. The van der Waals surface area contributed by atoms with Gasteiger partial charge in [0.15, 0.2) is 0 Å². The van der Waals surface area contributed by atoms with Crippen LogP contribution < -0.4 is 14.8 Å². The number of carbonyl (C=O) groups is 1. The molecule has 2 aromatic carbocycles. The molecule has 164 valence electrons. The molecule has 2 rings (SSSR count). The quantitative estimate of drug-likeness (QED) is 0.341. The van der Waals surface area contributed by atoms with Crippen molar-refractivity contribution in [3.8, 4) is 23.0 Å². The number of hydrogen-bond acceptors (Lipinski definition) is 4. The maximum Gasteiger partial charge on any atom is 0.223 e. The maximum atomic E-state index is 11.9. The van der Waals surface area contributed by atoms with Gasteiger partial charge >= 0.3 is 0 Å². The van der Waals surface area contributed by atoms with Gasteiger partial charge in [0.05, 0.1) is 13.0 Å². The summed E-state index contributed by atoms with van der Waals surface area (Å²) >= 11 is 0. The van der Waals surface area contributed by atoms with E-state index >= 15 is 0 Å². The summed E-state index contributed by atoms with van der Waals surface area (Å²) in [6.45, 7) is 3.33. The maximum absolute atomic E-state index is 11.9. The number of ether oxygens (including phenoxy) is 2. The van der Waals surface area contributed by atoms with Crippen LogP contribution in [0.5, 0.6) is 23.0 Å². The van der Waals surface area contributed by atoms with E-state index in [0.29, 0.717) is 30.3 Å².